The molecule has 0 unspecified atom stereocenters. The summed E-state index contributed by atoms with van der Waals surface area (Å²) < 4.78 is 0. The topological polar surface area (TPSA) is 24.4 Å². The molecule has 0 spiro atoms. The normalized spacial score (nSPS) is 10.4. The van der Waals surface area contributed by atoms with Crippen LogP contribution in [0.15, 0.2) is 17.9 Å². The van der Waals surface area contributed by atoms with Gasteiger partial charge in [0.25, 0.3) is 0 Å². The summed E-state index contributed by atoms with van der Waals surface area (Å²) in [5.41, 5.74) is 2.61. The van der Waals surface area contributed by atoms with E-state index >= 15 is 0 Å². The molecule has 46 valence electrons. The SMILES string of the molecule is C=CN/N=C/C(C)C. The smallest absolute Gasteiger partial charge is 0.0272 e. The van der Waals surface area contributed by atoms with Crippen molar-refractivity contribution in [3.8, 4) is 0 Å². The molecule has 0 aliphatic heterocycles. The molecule has 0 heterocycles. The van der Waals surface area contributed by atoms with Crippen LogP contribution in [0.5, 0.6) is 0 Å². The van der Waals surface area contributed by atoms with Gasteiger partial charge >= 0.3 is 0 Å². The van der Waals surface area contributed by atoms with Gasteiger partial charge in [0, 0.05) is 12.4 Å². The Hall–Kier alpha value is -0.790. The van der Waals surface area contributed by atoms with Gasteiger partial charge in [-0.2, -0.15) is 5.10 Å². The van der Waals surface area contributed by atoms with Crippen LogP contribution in [0.2, 0.25) is 0 Å². The molecule has 0 bridgehead atoms. The summed E-state index contributed by atoms with van der Waals surface area (Å²) in [4.78, 5) is 0. The highest BCUT2D eigenvalue weighted by molar-refractivity contribution is 5.59. The largest absolute Gasteiger partial charge is 0.287 e. The lowest BCUT2D eigenvalue weighted by molar-refractivity contribution is 0.873. The number of hydrogen-bond donors (Lipinski definition) is 1. The fourth-order valence-electron chi connectivity index (χ4n) is 0.245. The highest BCUT2D eigenvalue weighted by atomic mass is 15.3. The Bertz CT molecular complexity index is 84.5. The molecule has 0 aliphatic rings. The van der Waals surface area contributed by atoms with E-state index in [1.165, 1.54) is 0 Å². The monoisotopic (exact) mass is 112 g/mol. The molecule has 2 heteroatoms. The van der Waals surface area contributed by atoms with Crippen molar-refractivity contribution in [1.29, 1.82) is 0 Å². The lowest BCUT2D eigenvalue weighted by Crippen LogP contribution is -1.95. The van der Waals surface area contributed by atoms with E-state index < -0.39 is 0 Å². The third kappa shape index (κ3) is 5.21. The fourth-order valence-corrected chi connectivity index (χ4v) is 0.245. The maximum absolute atomic E-state index is 3.80. The van der Waals surface area contributed by atoms with Crippen LogP contribution in [0.1, 0.15) is 13.8 Å². The molecule has 0 rings (SSSR count). The van der Waals surface area contributed by atoms with Crippen LogP contribution in [-0.2, 0) is 0 Å². The van der Waals surface area contributed by atoms with Crippen LogP contribution in [0.3, 0.4) is 0 Å². The van der Waals surface area contributed by atoms with Crippen molar-refractivity contribution in [2.24, 2.45) is 11.0 Å². The fraction of sp³-hybridized carbons (Fsp3) is 0.500. The summed E-state index contributed by atoms with van der Waals surface area (Å²) in [6, 6.07) is 0. The molecular weight excluding hydrogens is 100 g/mol. The summed E-state index contributed by atoms with van der Waals surface area (Å²) in [5.74, 6) is 0.502. The van der Waals surface area contributed by atoms with E-state index in [1.807, 2.05) is 6.21 Å². The van der Waals surface area contributed by atoms with Crippen LogP contribution in [0.4, 0.5) is 0 Å². The molecule has 0 amide bonds. The summed E-state index contributed by atoms with van der Waals surface area (Å²) in [5, 5.41) is 3.80. The lowest BCUT2D eigenvalue weighted by atomic mass is 10.3. The lowest BCUT2D eigenvalue weighted by Gasteiger charge is -1.90. The van der Waals surface area contributed by atoms with Gasteiger partial charge in [-0.25, -0.2) is 0 Å². The minimum atomic E-state index is 0.502. The molecule has 0 aromatic rings. The van der Waals surface area contributed by atoms with Crippen LogP contribution in [0.25, 0.3) is 0 Å². The zero-order chi connectivity index (χ0) is 6.41. The van der Waals surface area contributed by atoms with Gasteiger partial charge in [-0.1, -0.05) is 20.4 Å². The Balaban J connectivity index is 3.19. The van der Waals surface area contributed by atoms with E-state index in [9.17, 15) is 0 Å². The molecular formula is C6H12N2. The first-order valence-electron chi connectivity index (χ1n) is 2.67. The average Bonchev–Trinajstić information content (AvgIpc) is 1.66. The van der Waals surface area contributed by atoms with Crippen molar-refractivity contribution in [2.45, 2.75) is 13.8 Å². The van der Waals surface area contributed by atoms with E-state index in [0.717, 1.165) is 0 Å². The molecule has 0 saturated carbocycles. The first kappa shape index (κ1) is 7.21. The maximum atomic E-state index is 3.80. The van der Waals surface area contributed by atoms with Gasteiger partial charge < -0.3 is 0 Å². The third-order valence-corrected chi connectivity index (χ3v) is 0.539. The molecule has 0 aliphatic carbocycles. The highest BCUT2D eigenvalue weighted by Crippen LogP contribution is 1.82. The molecule has 0 saturated heterocycles. The van der Waals surface area contributed by atoms with Crippen molar-refractivity contribution in [1.82, 2.24) is 5.43 Å². The van der Waals surface area contributed by atoms with Gasteiger partial charge in [0.05, 0.1) is 0 Å². The molecule has 1 N–H and O–H groups in total. The number of nitrogens with one attached hydrogen (secondary N) is 1. The van der Waals surface area contributed by atoms with Crippen molar-refractivity contribution >= 4 is 6.21 Å². The van der Waals surface area contributed by atoms with Crippen molar-refractivity contribution in [3.63, 3.8) is 0 Å². The van der Waals surface area contributed by atoms with E-state index in [-0.39, 0.29) is 0 Å². The van der Waals surface area contributed by atoms with E-state index in [1.54, 1.807) is 6.20 Å². The molecule has 0 atom stereocenters. The second kappa shape index (κ2) is 4.37. The summed E-state index contributed by atoms with van der Waals surface area (Å²) in [6.07, 6.45) is 3.36. The Morgan fingerprint density at radius 3 is 2.62 bits per heavy atom. The highest BCUT2D eigenvalue weighted by Gasteiger charge is 1.80. The van der Waals surface area contributed by atoms with E-state index in [4.69, 9.17) is 0 Å². The van der Waals surface area contributed by atoms with Gasteiger partial charge in [-0.05, 0) is 5.92 Å². The van der Waals surface area contributed by atoms with Crippen LogP contribution < -0.4 is 5.43 Å². The predicted octanol–water partition coefficient (Wildman–Crippen LogP) is 1.36. The first-order valence-corrected chi connectivity index (χ1v) is 2.67. The molecule has 2 nitrogen and oxygen atoms in total. The first-order chi connectivity index (χ1) is 3.77. The van der Waals surface area contributed by atoms with E-state index in [0.29, 0.717) is 5.92 Å². The molecule has 0 aromatic heterocycles. The third-order valence-electron chi connectivity index (χ3n) is 0.539. The maximum Gasteiger partial charge on any atom is 0.0272 e. The van der Waals surface area contributed by atoms with Crippen LogP contribution >= 0.6 is 0 Å². The van der Waals surface area contributed by atoms with Gasteiger partial charge in [-0.15, -0.1) is 0 Å². The molecule has 8 heavy (non-hydrogen) atoms. The number of hydrogen-bond acceptors (Lipinski definition) is 2. The zero-order valence-corrected chi connectivity index (χ0v) is 5.39. The minimum Gasteiger partial charge on any atom is -0.287 e. The molecule has 0 radical (unpaired) electrons. The second-order valence-electron chi connectivity index (χ2n) is 1.86. The summed E-state index contributed by atoms with van der Waals surface area (Å²) >= 11 is 0. The van der Waals surface area contributed by atoms with E-state index in [2.05, 4.69) is 31.0 Å². The number of hydrazone groups is 1. The summed E-state index contributed by atoms with van der Waals surface area (Å²) in [7, 11) is 0. The van der Waals surface area contributed by atoms with Crippen LogP contribution in [-0.4, -0.2) is 6.21 Å². The number of rotatable bonds is 3. The number of nitrogens with zero attached hydrogens (tertiary/aromatic N) is 1. The molecule has 0 aromatic carbocycles. The standard InChI is InChI=1S/C6H12N2/c1-4-7-8-5-6(2)3/h4-7H,1H2,2-3H3/b8-5+. The quantitative estimate of drug-likeness (QED) is 0.432. The minimum absolute atomic E-state index is 0.502. The zero-order valence-electron chi connectivity index (χ0n) is 5.39. The van der Waals surface area contributed by atoms with Gasteiger partial charge in [0.2, 0.25) is 0 Å². The Morgan fingerprint density at radius 1 is 1.62 bits per heavy atom. The average molecular weight is 112 g/mol. The van der Waals surface area contributed by atoms with Gasteiger partial charge in [0.15, 0.2) is 0 Å². The van der Waals surface area contributed by atoms with Crippen molar-refractivity contribution < 1.29 is 0 Å². The second-order valence-corrected chi connectivity index (χ2v) is 1.86. The Morgan fingerprint density at radius 2 is 2.25 bits per heavy atom. The van der Waals surface area contributed by atoms with Crippen molar-refractivity contribution in [3.05, 3.63) is 12.8 Å². The van der Waals surface area contributed by atoms with Gasteiger partial charge in [0.1, 0.15) is 0 Å². The molecule has 0 fully saturated rings. The Kier molecular flexibility index (Phi) is 3.94. The van der Waals surface area contributed by atoms with Crippen LogP contribution in [0, 0.1) is 5.92 Å². The Labute approximate surface area is 50.3 Å². The summed E-state index contributed by atoms with van der Waals surface area (Å²) in [6.45, 7) is 7.56. The van der Waals surface area contributed by atoms with Crippen molar-refractivity contribution in [2.75, 3.05) is 0 Å². The van der Waals surface area contributed by atoms with Gasteiger partial charge in [-0.3, -0.25) is 5.43 Å². The predicted molar refractivity (Wildman–Crippen MR) is 36.7 cm³/mol.